The Bertz CT molecular complexity index is 565. The lowest BCUT2D eigenvalue weighted by Crippen LogP contribution is -2.45. The third-order valence-corrected chi connectivity index (χ3v) is 4.02. The SMILES string of the molecule is CC(C)(C)OC(=O)N1C[C@](O)(C2C=CC(F)=CC2)C[C@H]1C(=O)O. The van der Waals surface area contributed by atoms with E-state index in [-0.39, 0.29) is 25.2 Å². The second-order valence-electron chi connectivity index (χ2n) is 7.06. The number of allylic oxidation sites excluding steroid dienone is 3. The van der Waals surface area contributed by atoms with Gasteiger partial charge in [-0.3, -0.25) is 4.90 Å². The highest BCUT2D eigenvalue weighted by Gasteiger charge is 2.52. The van der Waals surface area contributed by atoms with E-state index < -0.39 is 35.2 Å². The van der Waals surface area contributed by atoms with Crippen LogP contribution in [0.15, 0.2) is 24.1 Å². The summed E-state index contributed by atoms with van der Waals surface area (Å²) >= 11 is 0. The van der Waals surface area contributed by atoms with Gasteiger partial charge in [0.25, 0.3) is 0 Å². The van der Waals surface area contributed by atoms with E-state index in [9.17, 15) is 24.2 Å². The third-order valence-electron chi connectivity index (χ3n) is 4.02. The van der Waals surface area contributed by atoms with Crippen molar-refractivity contribution in [2.24, 2.45) is 5.92 Å². The van der Waals surface area contributed by atoms with E-state index in [1.807, 2.05) is 0 Å². The molecule has 6 nitrogen and oxygen atoms in total. The highest BCUT2D eigenvalue weighted by molar-refractivity contribution is 5.81. The van der Waals surface area contributed by atoms with Gasteiger partial charge in [-0.15, -0.1) is 0 Å². The van der Waals surface area contributed by atoms with Gasteiger partial charge in [0.2, 0.25) is 0 Å². The molecule has 1 amide bonds. The quantitative estimate of drug-likeness (QED) is 0.812. The van der Waals surface area contributed by atoms with Crippen LogP contribution < -0.4 is 0 Å². The topological polar surface area (TPSA) is 87.1 Å². The van der Waals surface area contributed by atoms with Crippen LogP contribution in [0.2, 0.25) is 0 Å². The Labute approximate surface area is 134 Å². The number of carbonyl (C=O) groups is 2. The Balaban J connectivity index is 2.19. The van der Waals surface area contributed by atoms with E-state index in [0.717, 1.165) is 4.90 Å². The first-order valence-electron chi connectivity index (χ1n) is 7.50. The fourth-order valence-electron chi connectivity index (χ4n) is 2.91. The van der Waals surface area contributed by atoms with E-state index in [2.05, 4.69) is 0 Å². The molecule has 1 heterocycles. The number of carboxylic acid groups (broad SMARTS) is 1. The number of ether oxygens (including phenoxy) is 1. The number of halogens is 1. The summed E-state index contributed by atoms with van der Waals surface area (Å²) in [4.78, 5) is 24.7. The Morgan fingerprint density at radius 1 is 1.43 bits per heavy atom. The van der Waals surface area contributed by atoms with Gasteiger partial charge in [-0.1, -0.05) is 6.08 Å². The van der Waals surface area contributed by atoms with Gasteiger partial charge in [-0.2, -0.15) is 0 Å². The summed E-state index contributed by atoms with van der Waals surface area (Å²) in [5, 5.41) is 20.2. The van der Waals surface area contributed by atoms with Crippen LogP contribution in [0.5, 0.6) is 0 Å². The number of carboxylic acids is 1. The lowest BCUT2D eigenvalue weighted by atomic mass is 9.81. The Kier molecular flexibility index (Phi) is 4.52. The first kappa shape index (κ1) is 17.5. The summed E-state index contributed by atoms with van der Waals surface area (Å²) in [6, 6.07) is -1.17. The van der Waals surface area contributed by atoms with Crippen molar-refractivity contribution in [3.05, 3.63) is 24.1 Å². The molecule has 0 spiro atoms. The van der Waals surface area contributed by atoms with Crippen molar-refractivity contribution in [3.8, 4) is 0 Å². The standard InChI is InChI=1S/C16H22FNO5/c1-15(2,3)23-14(21)18-9-16(22,8-12(18)13(19)20)10-4-6-11(17)7-5-10/h4,6-7,10,12,22H,5,8-9H2,1-3H3,(H,19,20)/t10?,12-,16-/m0/s1. The first-order valence-corrected chi connectivity index (χ1v) is 7.50. The molecule has 1 saturated heterocycles. The van der Waals surface area contributed by atoms with Crippen molar-refractivity contribution in [3.63, 3.8) is 0 Å². The zero-order chi connectivity index (χ0) is 17.4. The molecule has 0 aromatic heterocycles. The minimum Gasteiger partial charge on any atom is -0.480 e. The number of β-amino-alcohol motifs (C(OH)–C–C–N with tert-alkyl or cyclic N) is 1. The number of likely N-dealkylation sites (tertiary alicyclic amines) is 1. The summed E-state index contributed by atoms with van der Waals surface area (Å²) in [5.74, 6) is -2.04. The van der Waals surface area contributed by atoms with Crippen LogP contribution in [0.1, 0.15) is 33.6 Å². The van der Waals surface area contributed by atoms with E-state index in [0.29, 0.717) is 0 Å². The molecule has 3 atom stereocenters. The zero-order valence-electron chi connectivity index (χ0n) is 13.5. The average molecular weight is 327 g/mol. The molecular weight excluding hydrogens is 305 g/mol. The van der Waals surface area contributed by atoms with Gasteiger partial charge >= 0.3 is 12.1 Å². The van der Waals surface area contributed by atoms with E-state index >= 15 is 0 Å². The van der Waals surface area contributed by atoms with Gasteiger partial charge in [0.05, 0.1) is 12.1 Å². The van der Waals surface area contributed by atoms with Gasteiger partial charge in [0.15, 0.2) is 0 Å². The average Bonchev–Trinajstić information content (AvgIpc) is 2.77. The molecule has 1 fully saturated rings. The number of carbonyl (C=O) groups excluding carboxylic acids is 1. The van der Waals surface area contributed by atoms with Crippen molar-refractivity contribution in [2.75, 3.05) is 6.54 Å². The van der Waals surface area contributed by atoms with Crippen molar-refractivity contribution in [1.82, 2.24) is 4.90 Å². The summed E-state index contributed by atoms with van der Waals surface area (Å²) in [5.41, 5.74) is -2.19. The molecule has 7 heteroatoms. The Hall–Kier alpha value is -1.89. The molecule has 0 saturated carbocycles. The predicted molar refractivity (Wildman–Crippen MR) is 80.4 cm³/mol. The number of hydrogen-bond donors (Lipinski definition) is 2. The second-order valence-corrected chi connectivity index (χ2v) is 7.06. The molecule has 128 valence electrons. The molecule has 0 aromatic carbocycles. The monoisotopic (exact) mass is 327 g/mol. The molecule has 23 heavy (non-hydrogen) atoms. The summed E-state index contributed by atoms with van der Waals surface area (Å²) < 4.78 is 18.3. The number of aliphatic hydroxyl groups is 1. The van der Waals surface area contributed by atoms with Gasteiger partial charge < -0.3 is 14.9 Å². The molecule has 2 N–H and O–H groups in total. The van der Waals surface area contributed by atoms with Gasteiger partial charge in [-0.25, -0.2) is 14.0 Å². The molecular formula is C16H22FNO5. The van der Waals surface area contributed by atoms with E-state index in [1.165, 1.54) is 18.2 Å². The van der Waals surface area contributed by atoms with Crippen LogP contribution in [-0.2, 0) is 9.53 Å². The molecule has 0 radical (unpaired) electrons. The van der Waals surface area contributed by atoms with Crippen molar-refractivity contribution in [1.29, 1.82) is 0 Å². The number of amides is 1. The van der Waals surface area contributed by atoms with Crippen LogP contribution in [0.25, 0.3) is 0 Å². The summed E-state index contributed by atoms with van der Waals surface area (Å²) in [6.45, 7) is 4.88. The predicted octanol–water partition coefficient (Wildman–Crippen LogP) is 2.24. The molecule has 2 aliphatic rings. The molecule has 0 aromatic rings. The smallest absolute Gasteiger partial charge is 0.411 e. The fourth-order valence-corrected chi connectivity index (χ4v) is 2.91. The third kappa shape index (κ3) is 3.90. The Morgan fingerprint density at radius 3 is 2.57 bits per heavy atom. The van der Waals surface area contributed by atoms with Gasteiger partial charge in [0.1, 0.15) is 17.5 Å². The Morgan fingerprint density at radius 2 is 2.09 bits per heavy atom. The number of aliphatic carboxylic acids is 1. The van der Waals surface area contributed by atoms with Crippen LogP contribution in [0, 0.1) is 5.92 Å². The zero-order valence-corrected chi connectivity index (χ0v) is 13.5. The maximum absolute atomic E-state index is 13.1. The second kappa shape index (κ2) is 5.96. The van der Waals surface area contributed by atoms with Crippen LogP contribution in [0.3, 0.4) is 0 Å². The molecule has 1 unspecified atom stereocenters. The van der Waals surface area contributed by atoms with Crippen molar-refractivity contribution >= 4 is 12.1 Å². The number of nitrogens with zero attached hydrogens (tertiary/aromatic N) is 1. The van der Waals surface area contributed by atoms with Crippen molar-refractivity contribution < 1.29 is 28.9 Å². The van der Waals surface area contributed by atoms with Crippen LogP contribution >= 0.6 is 0 Å². The minimum atomic E-state index is -1.42. The maximum atomic E-state index is 13.1. The van der Waals surface area contributed by atoms with E-state index in [4.69, 9.17) is 4.74 Å². The van der Waals surface area contributed by atoms with Crippen LogP contribution in [-0.4, -0.2) is 51.0 Å². The minimum absolute atomic E-state index is 0.119. The highest BCUT2D eigenvalue weighted by atomic mass is 19.1. The van der Waals surface area contributed by atoms with Crippen molar-refractivity contribution in [2.45, 2.75) is 50.9 Å². The summed E-state index contributed by atoms with van der Waals surface area (Å²) in [7, 11) is 0. The van der Waals surface area contributed by atoms with Crippen LogP contribution in [0.4, 0.5) is 9.18 Å². The molecule has 1 aliphatic carbocycles. The number of hydrogen-bond acceptors (Lipinski definition) is 4. The molecule has 1 aliphatic heterocycles. The highest BCUT2D eigenvalue weighted by Crippen LogP contribution is 2.38. The fraction of sp³-hybridized carbons (Fsp3) is 0.625. The largest absolute Gasteiger partial charge is 0.480 e. The normalized spacial score (nSPS) is 31.0. The van der Waals surface area contributed by atoms with Gasteiger partial charge in [-0.05, 0) is 39.3 Å². The lowest BCUT2D eigenvalue weighted by Gasteiger charge is -2.31. The first-order chi connectivity index (χ1) is 10.5. The van der Waals surface area contributed by atoms with Gasteiger partial charge in [0, 0.05) is 12.3 Å². The lowest BCUT2D eigenvalue weighted by molar-refractivity contribution is -0.142. The molecule has 0 bridgehead atoms. The number of rotatable bonds is 2. The van der Waals surface area contributed by atoms with E-state index in [1.54, 1.807) is 20.8 Å². The maximum Gasteiger partial charge on any atom is 0.411 e. The summed E-state index contributed by atoms with van der Waals surface area (Å²) in [6.07, 6.45) is 3.47. The molecule has 2 rings (SSSR count).